The minimum atomic E-state index is 0.0892. The van der Waals surface area contributed by atoms with Gasteiger partial charge in [-0.1, -0.05) is 48.0 Å². The number of hydrogen-bond donors (Lipinski definition) is 1. The SMILES string of the molecule is CC(C)[C@H]1C[C@@H](NC(=O)Cc2ccccc2Br)CCO1. The highest BCUT2D eigenvalue weighted by Crippen LogP contribution is 2.21. The van der Waals surface area contributed by atoms with Crippen LogP contribution in [0.15, 0.2) is 28.7 Å². The third kappa shape index (κ3) is 4.32. The van der Waals surface area contributed by atoms with Gasteiger partial charge in [-0.05, 0) is 30.4 Å². The molecule has 0 unspecified atom stereocenters. The maximum atomic E-state index is 12.1. The van der Waals surface area contributed by atoms with Crippen LogP contribution in [-0.4, -0.2) is 24.7 Å². The lowest BCUT2D eigenvalue weighted by atomic mass is 9.95. The summed E-state index contributed by atoms with van der Waals surface area (Å²) in [7, 11) is 0. The molecule has 0 aliphatic carbocycles. The largest absolute Gasteiger partial charge is 0.378 e. The smallest absolute Gasteiger partial charge is 0.224 e. The zero-order valence-electron chi connectivity index (χ0n) is 12.1. The topological polar surface area (TPSA) is 38.3 Å². The van der Waals surface area contributed by atoms with Crippen LogP contribution in [0.5, 0.6) is 0 Å². The summed E-state index contributed by atoms with van der Waals surface area (Å²) in [5.74, 6) is 0.587. The second kappa shape index (κ2) is 7.23. The van der Waals surface area contributed by atoms with Crippen molar-refractivity contribution in [3.05, 3.63) is 34.3 Å². The van der Waals surface area contributed by atoms with E-state index < -0.39 is 0 Å². The average Bonchev–Trinajstić information content (AvgIpc) is 2.41. The van der Waals surface area contributed by atoms with Gasteiger partial charge < -0.3 is 10.1 Å². The number of rotatable bonds is 4. The van der Waals surface area contributed by atoms with Gasteiger partial charge in [0.1, 0.15) is 0 Å². The molecule has 1 aliphatic heterocycles. The van der Waals surface area contributed by atoms with Gasteiger partial charge in [-0.3, -0.25) is 4.79 Å². The summed E-state index contributed by atoms with van der Waals surface area (Å²) < 4.78 is 6.72. The monoisotopic (exact) mass is 339 g/mol. The summed E-state index contributed by atoms with van der Waals surface area (Å²) in [4.78, 5) is 12.1. The van der Waals surface area contributed by atoms with Crippen molar-refractivity contribution in [2.24, 2.45) is 5.92 Å². The Bertz CT molecular complexity index is 462. The van der Waals surface area contributed by atoms with Crippen LogP contribution >= 0.6 is 15.9 Å². The van der Waals surface area contributed by atoms with Crippen LogP contribution in [0.3, 0.4) is 0 Å². The van der Waals surface area contributed by atoms with E-state index in [4.69, 9.17) is 4.74 Å². The van der Waals surface area contributed by atoms with E-state index in [0.717, 1.165) is 29.5 Å². The molecule has 2 atom stereocenters. The van der Waals surface area contributed by atoms with E-state index >= 15 is 0 Å². The molecule has 1 fully saturated rings. The fourth-order valence-electron chi connectivity index (χ4n) is 2.52. The Morgan fingerprint density at radius 2 is 2.20 bits per heavy atom. The van der Waals surface area contributed by atoms with Crippen LogP contribution in [0.4, 0.5) is 0 Å². The first-order chi connectivity index (χ1) is 9.56. The molecule has 1 aliphatic rings. The molecule has 0 aromatic heterocycles. The second-order valence-corrected chi connectivity index (χ2v) is 6.56. The summed E-state index contributed by atoms with van der Waals surface area (Å²) in [5, 5.41) is 3.14. The van der Waals surface area contributed by atoms with Crippen LogP contribution in [0.25, 0.3) is 0 Å². The molecule has 2 rings (SSSR count). The third-order valence-electron chi connectivity index (χ3n) is 3.73. The van der Waals surface area contributed by atoms with Crippen molar-refractivity contribution < 1.29 is 9.53 Å². The zero-order chi connectivity index (χ0) is 14.5. The molecule has 1 saturated heterocycles. The van der Waals surface area contributed by atoms with Crippen LogP contribution in [0.2, 0.25) is 0 Å². The fraction of sp³-hybridized carbons (Fsp3) is 0.562. The number of benzene rings is 1. The first kappa shape index (κ1) is 15.5. The van der Waals surface area contributed by atoms with Crippen LogP contribution in [0, 0.1) is 5.92 Å². The normalized spacial score (nSPS) is 22.8. The van der Waals surface area contributed by atoms with Gasteiger partial charge in [-0.15, -0.1) is 0 Å². The summed E-state index contributed by atoms with van der Waals surface area (Å²) in [6, 6.07) is 8.09. The Hall–Kier alpha value is -0.870. The standard InChI is InChI=1S/C16H22BrNO2/c1-11(2)15-10-13(7-8-20-15)18-16(19)9-12-5-3-4-6-14(12)17/h3-6,11,13,15H,7-10H2,1-2H3,(H,18,19)/t13-,15+/m0/s1. The number of halogens is 1. The molecule has 20 heavy (non-hydrogen) atoms. The summed E-state index contributed by atoms with van der Waals surface area (Å²) in [6.45, 7) is 5.06. The van der Waals surface area contributed by atoms with E-state index in [1.54, 1.807) is 0 Å². The van der Waals surface area contributed by atoms with Gasteiger partial charge >= 0.3 is 0 Å². The molecule has 110 valence electrons. The first-order valence-corrected chi connectivity index (χ1v) is 8.00. The highest BCUT2D eigenvalue weighted by atomic mass is 79.9. The number of nitrogens with one attached hydrogen (secondary N) is 1. The Labute approximate surface area is 129 Å². The minimum absolute atomic E-state index is 0.0892. The lowest BCUT2D eigenvalue weighted by molar-refractivity contribution is -0.122. The molecule has 1 aromatic rings. The average molecular weight is 340 g/mol. The zero-order valence-corrected chi connectivity index (χ0v) is 13.7. The number of carbonyl (C=O) groups excluding carboxylic acids is 1. The van der Waals surface area contributed by atoms with Crippen molar-refractivity contribution in [2.75, 3.05) is 6.61 Å². The summed E-state index contributed by atoms with van der Waals surface area (Å²) in [5.41, 5.74) is 1.03. The van der Waals surface area contributed by atoms with Crippen molar-refractivity contribution in [2.45, 2.75) is 45.3 Å². The van der Waals surface area contributed by atoms with Crippen LogP contribution in [-0.2, 0) is 16.0 Å². The van der Waals surface area contributed by atoms with Gasteiger partial charge in [0.15, 0.2) is 0 Å². The van der Waals surface area contributed by atoms with Crippen molar-refractivity contribution in [3.63, 3.8) is 0 Å². The lowest BCUT2D eigenvalue weighted by Crippen LogP contribution is -2.43. The van der Waals surface area contributed by atoms with Crippen LogP contribution < -0.4 is 5.32 Å². The molecule has 1 aromatic carbocycles. The summed E-state index contributed by atoms with van der Waals surface area (Å²) >= 11 is 3.48. The molecular formula is C16H22BrNO2. The number of ether oxygens (including phenoxy) is 1. The number of hydrogen-bond acceptors (Lipinski definition) is 2. The van der Waals surface area contributed by atoms with E-state index in [1.165, 1.54) is 0 Å². The van der Waals surface area contributed by atoms with Gasteiger partial charge in [0.05, 0.1) is 12.5 Å². The Balaban J connectivity index is 1.87. The van der Waals surface area contributed by atoms with Crippen molar-refractivity contribution >= 4 is 21.8 Å². The van der Waals surface area contributed by atoms with Crippen LogP contribution in [0.1, 0.15) is 32.3 Å². The molecule has 1 N–H and O–H groups in total. The Morgan fingerprint density at radius 3 is 2.90 bits per heavy atom. The molecule has 1 heterocycles. The molecule has 0 bridgehead atoms. The molecule has 3 nitrogen and oxygen atoms in total. The van der Waals surface area contributed by atoms with Gasteiger partial charge in [-0.25, -0.2) is 0 Å². The molecule has 4 heteroatoms. The highest BCUT2D eigenvalue weighted by molar-refractivity contribution is 9.10. The Kier molecular flexibility index (Phi) is 5.61. The van der Waals surface area contributed by atoms with E-state index in [0.29, 0.717) is 12.3 Å². The van der Waals surface area contributed by atoms with E-state index in [9.17, 15) is 4.79 Å². The summed E-state index contributed by atoms with van der Waals surface area (Å²) in [6.07, 6.45) is 2.51. The quantitative estimate of drug-likeness (QED) is 0.913. The molecular weight excluding hydrogens is 318 g/mol. The molecule has 0 spiro atoms. The van der Waals surface area contributed by atoms with Crippen molar-refractivity contribution in [1.82, 2.24) is 5.32 Å². The van der Waals surface area contributed by atoms with Crippen molar-refractivity contribution in [1.29, 1.82) is 0 Å². The van der Waals surface area contributed by atoms with Gasteiger partial charge in [-0.2, -0.15) is 0 Å². The number of amides is 1. The predicted molar refractivity (Wildman–Crippen MR) is 83.6 cm³/mol. The van der Waals surface area contributed by atoms with E-state index in [2.05, 4.69) is 35.1 Å². The molecule has 0 saturated carbocycles. The fourth-order valence-corrected chi connectivity index (χ4v) is 2.94. The van der Waals surface area contributed by atoms with E-state index in [1.807, 2.05) is 24.3 Å². The molecule has 1 amide bonds. The Morgan fingerprint density at radius 1 is 1.45 bits per heavy atom. The first-order valence-electron chi connectivity index (χ1n) is 7.20. The van der Waals surface area contributed by atoms with Gasteiger partial charge in [0.2, 0.25) is 5.91 Å². The second-order valence-electron chi connectivity index (χ2n) is 5.71. The lowest BCUT2D eigenvalue weighted by Gasteiger charge is -2.32. The highest BCUT2D eigenvalue weighted by Gasteiger charge is 2.25. The maximum Gasteiger partial charge on any atom is 0.224 e. The minimum Gasteiger partial charge on any atom is -0.378 e. The predicted octanol–water partition coefficient (Wildman–Crippen LogP) is 3.31. The van der Waals surface area contributed by atoms with Gasteiger partial charge in [0, 0.05) is 17.1 Å². The van der Waals surface area contributed by atoms with Gasteiger partial charge in [0.25, 0.3) is 0 Å². The molecule has 0 radical (unpaired) electrons. The maximum absolute atomic E-state index is 12.1. The number of carbonyl (C=O) groups is 1. The third-order valence-corrected chi connectivity index (χ3v) is 4.51. The van der Waals surface area contributed by atoms with Crippen molar-refractivity contribution in [3.8, 4) is 0 Å². The van der Waals surface area contributed by atoms with E-state index in [-0.39, 0.29) is 18.1 Å².